The quantitative estimate of drug-likeness (QED) is 0.901. The molecule has 1 amide bonds. The van der Waals surface area contributed by atoms with Crippen LogP contribution in [-0.4, -0.2) is 22.4 Å². The van der Waals surface area contributed by atoms with Crippen molar-refractivity contribution in [3.63, 3.8) is 0 Å². The molecule has 0 bridgehead atoms. The fourth-order valence-corrected chi connectivity index (χ4v) is 1.68. The number of nitrogens with one attached hydrogen (secondary N) is 2. The van der Waals surface area contributed by atoms with Gasteiger partial charge in [0, 0.05) is 24.5 Å². The highest BCUT2D eigenvalue weighted by Gasteiger charge is 2.09. The maximum atomic E-state index is 12.1. The van der Waals surface area contributed by atoms with E-state index in [-0.39, 0.29) is 5.91 Å². The summed E-state index contributed by atoms with van der Waals surface area (Å²) in [4.78, 5) is 20.2. The third kappa shape index (κ3) is 3.42. The molecule has 0 radical (unpaired) electrons. The van der Waals surface area contributed by atoms with Crippen LogP contribution in [-0.2, 0) is 0 Å². The van der Waals surface area contributed by atoms with Crippen LogP contribution in [0.4, 0.5) is 11.6 Å². The number of anilines is 2. The van der Waals surface area contributed by atoms with E-state index in [1.54, 1.807) is 36.7 Å². The molecule has 0 fully saturated rings. The number of hydrogen-bond donors (Lipinski definition) is 2. The Morgan fingerprint density at radius 3 is 2.89 bits per heavy atom. The summed E-state index contributed by atoms with van der Waals surface area (Å²) >= 11 is 5.93. The van der Waals surface area contributed by atoms with Gasteiger partial charge in [0.15, 0.2) is 5.82 Å². The Balaban J connectivity index is 2.16. The lowest BCUT2D eigenvalue weighted by Crippen LogP contribution is -2.14. The largest absolute Gasteiger partial charge is 0.370 e. The molecule has 2 aromatic rings. The molecule has 2 heterocycles. The van der Waals surface area contributed by atoms with Gasteiger partial charge >= 0.3 is 0 Å². The summed E-state index contributed by atoms with van der Waals surface area (Å²) < 4.78 is 0. The summed E-state index contributed by atoms with van der Waals surface area (Å²) in [6.07, 6.45) is 3.14. The van der Waals surface area contributed by atoms with Crippen LogP contribution in [0.3, 0.4) is 0 Å². The molecule has 0 saturated carbocycles. The Hall–Kier alpha value is -2.14. The first-order valence-corrected chi connectivity index (χ1v) is 6.20. The van der Waals surface area contributed by atoms with Crippen LogP contribution in [0.5, 0.6) is 0 Å². The molecule has 0 aliphatic rings. The minimum absolute atomic E-state index is 0.276. The van der Waals surface area contributed by atoms with Gasteiger partial charge in [0.2, 0.25) is 0 Å². The number of amides is 1. The number of rotatable bonds is 4. The molecule has 0 aliphatic heterocycles. The fraction of sp³-hybridized carbons (Fsp3) is 0.154. The Labute approximate surface area is 116 Å². The van der Waals surface area contributed by atoms with Crippen LogP contribution in [0.15, 0.2) is 36.7 Å². The third-order valence-corrected chi connectivity index (χ3v) is 2.68. The molecule has 2 N–H and O–H groups in total. The van der Waals surface area contributed by atoms with Crippen molar-refractivity contribution in [2.75, 3.05) is 17.2 Å². The average molecular weight is 277 g/mol. The molecule has 0 saturated heterocycles. The van der Waals surface area contributed by atoms with Crippen molar-refractivity contribution in [2.24, 2.45) is 0 Å². The highest BCUT2D eigenvalue weighted by molar-refractivity contribution is 6.33. The zero-order valence-corrected chi connectivity index (χ0v) is 11.1. The van der Waals surface area contributed by atoms with Crippen LogP contribution < -0.4 is 10.6 Å². The van der Waals surface area contributed by atoms with Crippen LogP contribution in [0.1, 0.15) is 17.3 Å². The first-order chi connectivity index (χ1) is 9.20. The van der Waals surface area contributed by atoms with Gasteiger partial charge in [0.05, 0.1) is 5.02 Å². The van der Waals surface area contributed by atoms with Gasteiger partial charge in [-0.2, -0.15) is 0 Å². The van der Waals surface area contributed by atoms with Crippen LogP contribution in [0.25, 0.3) is 0 Å². The lowest BCUT2D eigenvalue weighted by Gasteiger charge is -2.07. The summed E-state index contributed by atoms with van der Waals surface area (Å²) in [5.41, 5.74) is 0.493. The van der Waals surface area contributed by atoms with Crippen molar-refractivity contribution < 1.29 is 4.79 Å². The lowest BCUT2D eigenvalue weighted by molar-refractivity contribution is 0.102. The van der Waals surface area contributed by atoms with Crippen LogP contribution in [0, 0.1) is 0 Å². The molecule has 0 unspecified atom stereocenters. The first kappa shape index (κ1) is 13.3. The van der Waals surface area contributed by atoms with Crippen molar-refractivity contribution in [1.82, 2.24) is 9.97 Å². The minimum atomic E-state index is -0.276. The molecular formula is C13H13ClN4O. The second-order valence-electron chi connectivity index (χ2n) is 3.75. The van der Waals surface area contributed by atoms with Gasteiger partial charge in [-0.15, -0.1) is 0 Å². The predicted octanol–water partition coefficient (Wildman–Crippen LogP) is 2.81. The molecule has 0 aromatic carbocycles. The zero-order chi connectivity index (χ0) is 13.7. The predicted molar refractivity (Wildman–Crippen MR) is 75.6 cm³/mol. The Bertz CT molecular complexity index is 588. The molecular weight excluding hydrogens is 264 g/mol. The van der Waals surface area contributed by atoms with E-state index in [2.05, 4.69) is 20.6 Å². The molecule has 19 heavy (non-hydrogen) atoms. The monoisotopic (exact) mass is 276 g/mol. The van der Waals surface area contributed by atoms with Gasteiger partial charge in [-0.1, -0.05) is 11.6 Å². The summed E-state index contributed by atoms with van der Waals surface area (Å²) in [7, 11) is 0. The molecule has 2 aromatic heterocycles. The van der Waals surface area contributed by atoms with E-state index in [1.165, 1.54) is 0 Å². The molecule has 0 spiro atoms. The normalized spacial score (nSPS) is 10.0. The first-order valence-electron chi connectivity index (χ1n) is 5.82. The molecule has 98 valence electrons. The van der Waals surface area contributed by atoms with Crippen molar-refractivity contribution in [3.05, 3.63) is 47.2 Å². The van der Waals surface area contributed by atoms with Gasteiger partial charge < -0.3 is 10.6 Å². The Morgan fingerprint density at radius 1 is 1.32 bits per heavy atom. The van der Waals surface area contributed by atoms with E-state index in [9.17, 15) is 4.79 Å². The van der Waals surface area contributed by atoms with E-state index >= 15 is 0 Å². The van der Waals surface area contributed by atoms with Gasteiger partial charge in [-0.25, -0.2) is 9.97 Å². The second kappa shape index (κ2) is 6.15. The van der Waals surface area contributed by atoms with Crippen LogP contribution >= 0.6 is 11.6 Å². The van der Waals surface area contributed by atoms with E-state index in [4.69, 9.17) is 11.6 Å². The summed E-state index contributed by atoms with van der Waals surface area (Å²) in [5, 5.41) is 6.10. The topological polar surface area (TPSA) is 66.9 Å². The van der Waals surface area contributed by atoms with Crippen molar-refractivity contribution in [1.29, 1.82) is 0 Å². The molecule has 0 atom stereocenters. The number of carbonyl (C=O) groups excluding carboxylic acids is 1. The number of carbonyl (C=O) groups is 1. The number of nitrogens with zero attached hydrogens (tertiary/aromatic N) is 2. The fourth-order valence-electron chi connectivity index (χ4n) is 1.51. The number of hydrogen-bond acceptors (Lipinski definition) is 4. The van der Waals surface area contributed by atoms with Crippen molar-refractivity contribution >= 4 is 29.1 Å². The number of aromatic nitrogens is 2. The second-order valence-corrected chi connectivity index (χ2v) is 4.16. The summed E-state index contributed by atoms with van der Waals surface area (Å²) in [6.45, 7) is 2.70. The SMILES string of the molecule is CCNc1cc(C(=O)Nc2ncccc2Cl)ccn1. The van der Waals surface area contributed by atoms with Gasteiger partial charge in [-0.3, -0.25) is 4.79 Å². The highest BCUT2D eigenvalue weighted by atomic mass is 35.5. The maximum Gasteiger partial charge on any atom is 0.257 e. The standard InChI is InChI=1S/C13H13ClN4O/c1-2-15-11-8-9(5-7-16-11)13(19)18-12-10(14)4-3-6-17-12/h3-8H,2H2,1H3,(H,15,16)(H,17,18,19). The number of halogens is 1. The molecule has 0 aliphatic carbocycles. The van der Waals surface area contributed by atoms with Crippen molar-refractivity contribution in [3.8, 4) is 0 Å². The van der Waals surface area contributed by atoms with Gasteiger partial charge in [0.25, 0.3) is 5.91 Å². The van der Waals surface area contributed by atoms with Gasteiger partial charge in [-0.05, 0) is 31.2 Å². The maximum absolute atomic E-state index is 12.1. The molecule has 2 rings (SSSR count). The van der Waals surface area contributed by atoms with E-state index < -0.39 is 0 Å². The third-order valence-electron chi connectivity index (χ3n) is 2.37. The highest BCUT2D eigenvalue weighted by Crippen LogP contribution is 2.18. The Kier molecular flexibility index (Phi) is 4.30. The summed E-state index contributed by atoms with van der Waals surface area (Å²) in [6, 6.07) is 6.68. The zero-order valence-electron chi connectivity index (χ0n) is 10.4. The molecule has 6 heteroatoms. The van der Waals surface area contributed by atoms with Gasteiger partial charge in [0.1, 0.15) is 5.82 Å². The minimum Gasteiger partial charge on any atom is -0.370 e. The lowest BCUT2D eigenvalue weighted by atomic mass is 10.2. The smallest absolute Gasteiger partial charge is 0.257 e. The Morgan fingerprint density at radius 2 is 2.16 bits per heavy atom. The molecule has 5 nitrogen and oxygen atoms in total. The average Bonchev–Trinajstić information content (AvgIpc) is 2.42. The van der Waals surface area contributed by atoms with E-state index in [0.29, 0.717) is 22.2 Å². The van der Waals surface area contributed by atoms with Crippen molar-refractivity contribution in [2.45, 2.75) is 6.92 Å². The van der Waals surface area contributed by atoms with E-state index in [0.717, 1.165) is 6.54 Å². The van der Waals surface area contributed by atoms with E-state index in [1.807, 2.05) is 6.92 Å². The van der Waals surface area contributed by atoms with Crippen LogP contribution in [0.2, 0.25) is 5.02 Å². The number of pyridine rings is 2. The summed E-state index contributed by atoms with van der Waals surface area (Å²) in [5.74, 6) is 0.723.